The van der Waals surface area contributed by atoms with Crippen LogP contribution >= 0.6 is 0 Å². The molecule has 0 spiro atoms. The van der Waals surface area contributed by atoms with E-state index in [1.54, 1.807) is 29.2 Å². The Hall–Kier alpha value is -2.08. The molecule has 2 rings (SSSR count). The number of carbonyl (C=O) groups excluding carboxylic acids is 2. The van der Waals surface area contributed by atoms with Crippen LogP contribution in [0.4, 0.5) is 5.69 Å². The Morgan fingerprint density at radius 1 is 1.33 bits per heavy atom. The lowest BCUT2D eigenvalue weighted by Gasteiger charge is -2.16. The summed E-state index contributed by atoms with van der Waals surface area (Å²) in [6.07, 6.45) is 1.64. The molecule has 1 fully saturated rings. The molecule has 6 heteroatoms. The molecule has 1 heterocycles. The van der Waals surface area contributed by atoms with Crippen molar-refractivity contribution in [3.63, 3.8) is 0 Å². The second-order valence-corrected chi connectivity index (χ2v) is 5.31. The van der Waals surface area contributed by atoms with Crippen LogP contribution in [0, 0.1) is 5.92 Å². The number of nitrogens with one attached hydrogen (secondary N) is 1. The molecule has 114 valence electrons. The van der Waals surface area contributed by atoms with E-state index < -0.39 is 0 Å². The number of hydrogen-bond donors (Lipinski definition) is 3. The predicted octanol–water partition coefficient (Wildman–Crippen LogP) is 0.230. The lowest BCUT2D eigenvalue weighted by molar-refractivity contribution is -0.129. The van der Waals surface area contributed by atoms with Crippen LogP contribution in [0.5, 0.6) is 0 Å². The quantitative estimate of drug-likeness (QED) is 0.677. The lowest BCUT2D eigenvalue weighted by Crippen LogP contribution is -2.39. The number of nitrogen functional groups attached to an aromatic ring is 1. The molecule has 2 amide bonds. The van der Waals surface area contributed by atoms with Gasteiger partial charge in [-0.25, -0.2) is 0 Å². The van der Waals surface area contributed by atoms with Crippen LogP contribution in [-0.4, -0.2) is 48.1 Å². The van der Waals surface area contributed by atoms with Gasteiger partial charge < -0.3 is 21.1 Å². The average molecular weight is 291 g/mol. The van der Waals surface area contributed by atoms with E-state index >= 15 is 0 Å². The van der Waals surface area contributed by atoms with Crippen LogP contribution in [0.15, 0.2) is 24.3 Å². The summed E-state index contributed by atoms with van der Waals surface area (Å²) in [6.45, 7) is 1.51. The summed E-state index contributed by atoms with van der Waals surface area (Å²) in [5, 5.41) is 11.5. The van der Waals surface area contributed by atoms with Crippen molar-refractivity contribution in [2.24, 2.45) is 5.92 Å². The second-order valence-electron chi connectivity index (χ2n) is 5.31. The molecule has 0 bridgehead atoms. The van der Waals surface area contributed by atoms with E-state index in [2.05, 4.69) is 5.32 Å². The normalized spacial score (nSPS) is 17.8. The van der Waals surface area contributed by atoms with Crippen LogP contribution in [0.25, 0.3) is 0 Å². The number of nitrogens with zero attached hydrogens (tertiary/aromatic N) is 1. The summed E-state index contributed by atoms with van der Waals surface area (Å²) in [5.74, 6) is 0.000407. The molecule has 21 heavy (non-hydrogen) atoms. The topological polar surface area (TPSA) is 95.7 Å². The van der Waals surface area contributed by atoms with Gasteiger partial charge in [0.25, 0.3) is 5.91 Å². The number of aliphatic hydroxyl groups excluding tert-OH is 1. The average Bonchev–Trinajstić information content (AvgIpc) is 2.94. The molecule has 1 saturated heterocycles. The van der Waals surface area contributed by atoms with Crippen molar-refractivity contribution in [1.29, 1.82) is 0 Å². The predicted molar refractivity (Wildman–Crippen MR) is 79.6 cm³/mol. The Bertz CT molecular complexity index is 501. The van der Waals surface area contributed by atoms with Gasteiger partial charge in [-0.3, -0.25) is 9.59 Å². The van der Waals surface area contributed by atoms with Crippen molar-refractivity contribution in [3.8, 4) is 0 Å². The highest BCUT2D eigenvalue weighted by Gasteiger charge is 2.25. The van der Waals surface area contributed by atoms with Crippen LogP contribution in [-0.2, 0) is 4.79 Å². The number of rotatable bonds is 5. The largest absolute Gasteiger partial charge is 0.399 e. The van der Waals surface area contributed by atoms with E-state index in [0.717, 1.165) is 12.8 Å². The van der Waals surface area contributed by atoms with E-state index in [4.69, 9.17) is 10.8 Å². The molecular weight excluding hydrogens is 270 g/mol. The van der Waals surface area contributed by atoms with Crippen LogP contribution in [0.2, 0.25) is 0 Å². The van der Waals surface area contributed by atoms with Gasteiger partial charge in [0.1, 0.15) is 0 Å². The van der Waals surface area contributed by atoms with Gasteiger partial charge in [-0.1, -0.05) is 0 Å². The van der Waals surface area contributed by atoms with Crippen molar-refractivity contribution in [1.82, 2.24) is 10.2 Å². The molecule has 0 aliphatic carbocycles. The summed E-state index contributed by atoms with van der Waals surface area (Å²) in [6, 6.07) is 6.55. The zero-order valence-corrected chi connectivity index (χ0v) is 11.9. The van der Waals surface area contributed by atoms with Gasteiger partial charge in [-0.15, -0.1) is 0 Å². The number of nitrogens with two attached hydrogens (primary N) is 1. The number of likely N-dealkylation sites (tertiary alicyclic amines) is 1. The monoisotopic (exact) mass is 291 g/mol. The highest BCUT2D eigenvalue weighted by molar-refractivity contribution is 5.96. The van der Waals surface area contributed by atoms with Crippen LogP contribution < -0.4 is 11.1 Å². The first-order chi connectivity index (χ1) is 10.1. The number of amides is 2. The van der Waals surface area contributed by atoms with Gasteiger partial charge in [-0.2, -0.15) is 0 Å². The summed E-state index contributed by atoms with van der Waals surface area (Å²) >= 11 is 0. The zero-order valence-electron chi connectivity index (χ0n) is 11.9. The molecule has 0 aromatic heterocycles. The standard InChI is InChI=1S/C15H21N3O3/c16-13-3-1-12(2-4-13)15(21)17-9-14(20)18-7-5-11(10-18)6-8-19/h1-4,11,19H,5-10,16H2,(H,17,21). The zero-order chi connectivity index (χ0) is 15.2. The molecule has 1 aliphatic heterocycles. The van der Waals surface area contributed by atoms with Crippen LogP contribution in [0.1, 0.15) is 23.2 Å². The highest BCUT2D eigenvalue weighted by atomic mass is 16.3. The van der Waals surface area contributed by atoms with E-state index in [-0.39, 0.29) is 25.0 Å². The van der Waals surface area contributed by atoms with Crippen molar-refractivity contribution in [3.05, 3.63) is 29.8 Å². The van der Waals surface area contributed by atoms with Crippen molar-refractivity contribution < 1.29 is 14.7 Å². The van der Waals surface area contributed by atoms with Gasteiger partial charge >= 0.3 is 0 Å². The van der Waals surface area contributed by atoms with Crippen molar-refractivity contribution in [2.75, 3.05) is 32.0 Å². The van der Waals surface area contributed by atoms with E-state index in [1.807, 2.05) is 0 Å². The molecule has 1 aliphatic rings. The minimum atomic E-state index is -0.283. The molecule has 1 aromatic rings. The second kappa shape index (κ2) is 7.08. The van der Waals surface area contributed by atoms with Gasteiger partial charge in [-0.05, 0) is 43.0 Å². The van der Waals surface area contributed by atoms with E-state index in [1.165, 1.54) is 0 Å². The maximum absolute atomic E-state index is 12.0. The Balaban J connectivity index is 1.79. The number of benzene rings is 1. The number of carbonyl (C=O) groups is 2. The Labute approximate surface area is 123 Å². The van der Waals surface area contributed by atoms with Crippen LogP contribution in [0.3, 0.4) is 0 Å². The maximum atomic E-state index is 12.0. The fourth-order valence-electron chi connectivity index (χ4n) is 2.48. The first-order valence-corrected chi connectivity index (χ1v) is 7.12. The fourth-order valence-corrected chi connectivity index (χ4v) is 2.48. The lowest BCUT2D eigenvalue weighted by atomic mass is 10.1. The third-order valence-electron chi connectivity index (χ3n) is 3.75. The van der Waals surface area contributed by atoms with Gasteiger partial charge in [0.05, 0.1) is 6.54 Å². The molecule has 1 aromatic carbocycles. The van der Waals surface area contributed by atoms with Crippen molar-refractivity contribution >= 4 is 17.5 Å². The number of hydrogen-bond acceptors (Lipinski definition) is 4. The Kier molecular flexibility index (Phi) is 5.16. The Morgan fingerprint density at radius 2 is 2.05 bits per heavy atom. The minimum Gasteiger partial charge on any atom is -0.399 e. The van der Waals surface area contributed by atoms with E-state index in [9.17, 15) is 9.59 Å². The van der Waals surface area contributed by atoms with Gasteiger partial charge in [0, 0.05) is 30.9 Å². The van der Waals surface area contributed by atoms with Gasteiger partial charge in [0.2, 0.25) is 5.91 Å². The molecule has 4 N–H and O–H groups in total. The van der Waals surface area contributed by atoms with Crippen molar-refractivity contribution in [2.45, 2.75) is 12.8 Å². The summed E-state index contributed by atoms with van der Waals surface area (Å²) in [5.41, 5.74) is 6.63. The third kappa shape index (κ3) is 4.19. The smallest absolute Gasteiger partial charge is 0.251 e. The highest BCUT2D eigenvalue weighted by Crippen LogP contribution is 2.18. The van der Waals surface area contributed by atoms with Gasteiger partial charge in [0.15, 0.2) is 0 Å². The SMILES string of the molecule is Nc1ccc(C(=O)NCC(=O)N2CCC(CCO)C2)cc1. The first kappa shape index (κ1) is 15.3. The molecular formula is C15H21N3O3. The third-order valence-corrected chi connectivity index (χ3v) is 3.75. The number of anilines is 1. The minimum absolute atomic E-state index is 0.00491. The molecule has 1 atom stereocenters. The Morgan fingerprint density at radius 3 is 2.71 bits per heavy atom. The summed E-state index contributed by atoms with van der Waals surface area (Å²) < 4.78 is 0. The van der Waals surface area contributed by atoms with E-state index in [0.29, 0.717) is 30.3 Å². The summed E-state index contributed by atoms with van der Waals surface area (Å²) in [4.78, 5) is 25.6. The molecule has 1 unspecified atom stereocenters. The molecule has 0 saturated carbocycles. The molecule has 6 nitrogen and oxygen atoms in total. The number of aliphatic hydroxyl groups is 1. The first-order valence-electron chi connectivity index (χ1n) is 7.12. The fraction of sp³-hybridized carbons (Fsp3) is 0.467. The molecule has 0 radical (unpaired) electrons. The summed E-state index contributed by atoms with van der Waals surface area (Å²) in [7, 11) is 0. The maximum Gasteiger partial charge on any atom is 0.251 e.